The molecule has 166 valence electrons. The molecule has 2 aliphatic heterocycles. The lowest BCUT2D eigenvalue weighted by Gasteiger charge is -2.31. The third-order valence-electron chi connectivity index (χ3n) is 5.03. The van der Waals surface area contributed by atoms with Crippen molar-refractivity contribution in [3.63, 3.8) is 0 Å². The number of carbonyl (C=O) groups excluding carboxylic acids is 2. The third-order valence-corrected chi connectivity index (χ3v) is 5.03. The van der Waals surface area contributed by atoms with E-state index in [0.29, 0.717) is 22.8 Å². The number of methoxy groups -OCH3 is 1. The summed E-state index contributed by atoms with van der Waals surface area (Å²) in [6.07, 6.45) is 5.91. The summed E-state index contributed by atoms with van der Waals surface area (Å²) in [5.41, 5.74) is 2.59. The van der Waals surface area contributed by atoms with Gasteiger partial charge >= 0.3 is 11.9 Å². The van der Waals surface area contributed by atoms with Gasteiger partial charge in [0.05, 0.1) is 18.2 Å². The fourth-order valence-corrected chi connectivity index (χ4v) is 3.73. The van der Waals surface area contributed by atoms with Gasteiger partial charge in [-0.25, -0.2) is 0 Å². The van der Waals surface area contributed by atoms with Gasteiger partial charge in [-0.2, -0.15) is 0 Å². The summed E-state index contributed by atoms with van der Waals surface area (Å²) >= 11 is 0. The van der Waals surface area contributed by atoms with Crippen molar-refractivity contribution in [3.8, 4) is 28.7 Å². The maximum absolute atomic E-state index is 11.7. The van der Waals surface area contributed by atoms with Gasteiger partial charge in [-0.15, -0.1) is 0 Å². The Labute approximate surface area is 186 Å². The number of fused-ring (bicyclic) bond motifs is 2. The van der Waals surface area contributed by atoms with Crippen LogP contribution in [0.3, 0.4) is 0 Å². The number of hydrogen-bond donors (Lipinski definition) is 0. The molecular weight excluding hydrogens is 412 g/mol. The standard InChI is InChI=1S/C25H24O7/c1-14(26)30-17-6-7-18(22(11-17)31-15(2)27)16-10-20-21(29-13-16)12-23-19(24(20)28-5)8-9-25(3,4)32-23/h6-12H,13H2,1-5H3. The smallest absolute Gasteiger partial charge is 0.308 e. The first kappa shape index (κ1) is 21.5. The van der Waals surface area contributed by atoms with Crippen LogP contribution >= 0.6 is 0 Å². The molecular formula is C25H24O7. The molecule has 2 aromatic carbocycles. The van der Waals surface area contributed by atoms with Crippen molar-refractivity contribution in [1.82, 2.24) is 0 Å². The second-order valence-corrected chi connectivity index (χ2v) is 8.08. The second-order valence-electron chi connectivity index (χ2n) is 8.08. The van der Waals surface area contributed by atoms with E-state index >= 15 is 0 Å². The Bertz CT molecular complexity index is 1170. The van der Waals surface area contributed by atoms with E-state index in [0.717, 1.165) is 16.7 Å². The predicted molar refractivity (Wildman–Crippen MR) is 119 cm³/mol. The molecule has 7 nitrogen and oxygen atoms in total. The molecule has 7 heteroatoms. The molecule has 0 saturated carbocycles. The molecule has 0 unspecified atom stereocenters. The summed E-state index contributed by atoms with van der Waals surface area (Å²) in [5.74, 6) is 1.57. The monoisotopic (exact) mass is 436 g/mol. The van der Waals surface area contributed by atoms with Crippen LogP contribution in [0.15, 0.2) is 30.3 Å². The van der Waals surface area contributed by atoms with Gasteiger partial charge in [-0.05, 0) is 44.2 Å². The summed E-state index contributed by atoms with van der Waals surface area (Å²) in [7, 11) is 1.60. The van der Waals surface area contributed by atoms with Crippen LogP contribution in [-0.2, 0) is 9.59 Å². The molecule has 32 heavy (non-hydrogen) atoms. The van der Waals surface area contributed by atoms with E-state index in [4.69, 9.17) is 23.7 Å². The molecule has 0 saturated heterocycles. The van der Waals surface area contributed by atoms with Crippen molar-refractivity contribution >= 4 is 29.7 Å². The van der Waals surface area contributed by atoms with Gasteiger partial charge in [0.25, 0.3) is 0 Å². The molecule has 0 aliphatic carbocycles. The van der Waals surface area contributed by atoms with E-state index in [1.807, 2.05) is 38.1 Å². The number of rotatable bonds is 4. The largest absolute Gasteiger partial charge is 0.495 e. The Morgan fingerprint density at radius 2 is 1.75 bits per heavy atom. The molecule has 4 rings (SSSR count). The second kappa shape index (κ2) is 8.07. The minimum Gasteiger partial charge on any atom is -0.495 e. The lowest BCUT2D eigenvalue weighted by atomic mass is 9.95. The van der Waals surface area contributed by atoms with Crippen LogP contribution in [0.4, 0.5) is 0 Å². The van der Waals surface area contributed by atoms with Gasteiger partial charge in [-0.1, -0.05) is 0 Å². The van der Waals surface area contributed by atoms with Crippen molar-refractivity contribution in [1.29, 1.82) is 0 Å². The van der Waals surface area contributed by atoms with Crippen molar-refractivity contribution in [2.45, 2.75) is 33.3 Å². The predicted octanol–water partition coefficient (Wildman–Crippen LogP) is 4.66. The maximum atomic E-state index is 11.7. The minimum atomic E-state index is -0.486. The quantitative estimate of drug-likeness (QED) is 0.509. The van der Waals surface area contributed by atoms with Crippen LogP contribution in [0, 0.1) is 0 Å². The number of carbonyl (C=O) groups is 2. The van der Waals surface area contributed by atoms with Gasteiger partial charge in [0.15, 0.2) is 0 Å². The van der Waals surface area contributed by atoms with Gasteiger partial charge < -0.3 is 23.7 Å². The van der Waals surface area contributed by atoms with E-state index in [-0.39, 0.29) is 18.1 Å². The molecule has 0 fully saturated rings. The molecule has 0 radical (unpaired) electrons. The highest BCUT2D eigenvalue weighted by molar-refractivity contribution is 5.92. The Balaban J connectivity index is 1.81. The van der Waals surface area contributed by atoms with Gasteiger partial charge in [0.1, 0.15) is 41.0 Å². The summed E-state index contributed by atoms with van der Waals surface area (Å²) in [6, 6.07) is 6.75. The zero-order valence-corrected chi connectivity index (χ0v) is 18.6. The summed E-state index contributed by atoms with van der Waals surface area (Å²) in [6.45, 7) is 6.82. The molecule has 2 aliphatic rings. The van der Waals surface area contributed by atoms with Gasteiger partial charge in [-0.3, -0.25) is 9.59 Å². The van der Waals surface area contributed by atoms with Gasteiger partial charge in [0, 0.05) is 37.1 Å². The lowest BCUT2D eigenvalue weighted by molar-refractivity contribution is -0.132. The number of hydrogen-bond acceptors (Lipinski definition) is 7. The summed E-state index contributed by atoms with van der Waals surface area (Å²) in [5, 5.41) is 0. The van der Waals surface area contributed by atoms with Crippen molar-refractivity contribution in [2.24, 2.45) is 0 Å². The van der Waals surface area contributed by atoms with Crippen LogP contribution in [0.25, 0.3) is 17.7 Å². The Morgan fingerprint density at radius 3 is 2.44 bits per heavy atom. The molecule has 0 amide bonds. The summed E-state index contributed by atoms with van der Waals surface area (Å²) < 4.78 is 28.4. The molecule has 0 N–H and O–H groups in total. The highest BCUT2D eigenvalue weighted by Gasteiger charge is 2.29. The zero-order valence-electron chi connectivity index (χ0n) is 18.6. The molecule has 0 spiro atoms. The van der Waals surface area contributed by atoms with E-state index in [9.17, 15) is 9.59 Å². The molecule has 0 aromatic heterocycles. The topological polar surface area (TPSA) is 80.3 Å². The van der Waals surface area contributed by atoms with Crippen LogP contribution in [0.5, 0.6) is 28.7 Å². The average Bonchev–Trinajstić information content (AvgIpc) is 2.70. The van der Waals surface area contributed by atoms with Crippen molar-refractivity contribution in [3.05, 3.63) is 47.0 Å². The molecule has 0 atom stereocenters. The highest BCUT2D eigenvalue weighted by atomic mass is 16.5. The Kier molecular flexibility index (Phi) is 5.42. The first-order valence-electron chi connectivity index (χ1n) is 10.1. The minimum absolute atomic E-state index is 0.245. The van der Waals surface area contributed by atoms with E-state index in [1.165, 1.54) is 19.9 Å². The lowest BCUT2D eigenvalue weighted by Crippen LogP contribution is -2.27. The van der Waals surface area contributed by atoms with E-state index < -0.39 is 17.5 Å². The van der Waals surface area contributed by atoms with Gasteiger partial charge in [0.2, 0.25) is 0 Å². The SMILES string of the molecule is COc1c2c(cc3c1C=CC(C)(C)O3)OCC(c1ccc(OC(C)=O)cc1OC(C)=O)=C2. The van der Waals surface area contributed by atoms with Crippen LogP contribution < -0.4 is 23.7 Å². The van der Waals surface area contributed by atoms with Crippen molar-refractivity contribution in [2.75, 3.05) is 13.7 Å². The molecule has 2 aromatic rings. The fraction of sp³-hybridized carbons (Fsp3) is 0.280. The molecule has 2 heterocycles. The number of benzene rings is 2. The third kappa shape index (κ3) is 4.19. The van der Waals surface area contributed by atoms with Crippen molar-refractivity contribution < 1.29 is 33.3 Å². The average molecular weight is 436 g/mol. The normalized spacial score (nSPS) is 15.3. The van der Waals surface area contributed by atoms with E-state index in [2.05, 4.69) is 0 Å². The number of ether oxygens (including phenoxy) is 5. The first-order chi connectivity index (χ1) is 15.2. The number of esters is 2. The van der Waals surface area contributed by atoms with Crippen LogP contribution in [0.2, 0.25) is 0 Å². The highest BCUT2D eigenvalue weighted by Crippen LogP contribution is 2.47. The summed E-state index contributed by atoms with van der Waals surface area (Å²) in [4.78, 5) is 23.0. The van der Waals surface area contributed by atoms with E-state index in [1.54, 1.807) is 19.2 Å². The van der Waals surface area contributed by atoms with Crippen LogP contribution in [-0.4, -0.2) is 31.3 Å². The zero-order chi connectivity index (χ0) is 23.0. The maximum Gasteiger partial charge on any atom is 0.308 e. The fourth-order valence-electron chi connectivity index (χ4n) is 3.73. The Hall–Kier alpha value is -3.74. The molecule has 0 bridgehead atoms. The van der Waals surface area contributed by atoms with Crippen LogP contribution in [0.1, 0.15) is 44.4 Å². The first-order valence-corrected chi connectivity index (χ1v) is 10.1. The Morgan fingerprint density at radius 1 is 1.00 bits per heavy atom.